The predicted molar refractivity (Wildman–Crippen MR) is 204 cm³/mol. The second-order valence-electron chi connectivity index (χ2n) is 13.1. The van der Waals surface area contributed by atoms with Crippen molar-refractivity contribution in [1.29, 1.82) is 0 Å². The van der Waals surface area contributed by atoms with Gasteiger partial charge in [-0.05, 0) is 54.2 Å². The van der Waals surface area contributed by atoms with Crippen LogP contribution < -0.4 is 16.4 Å². The number of fused-ring (bicyclic) bond motifs is 2. The fraction of sp³-hybridized carbons (Fsp3) is 0.220. The molecule has 10 nitrogen and oxygen atoms in total. The number of benzene rings is 4. The summed E-state index contributed by atoms with van der Waals surface area (Å²) in [5, 5.41) is 7.36. The SMILES string of the molecule is NC(=O)C(Cc1c[nH]c2ccccc12)NC(=O)C(CCCc1ccccc1)CP(=O)(O)C(Cc1ccccc1)NC(=O)c1ccc2ccccc2n1. The molecular formula is C41H42N5O5P. The Labute approximate surface area is 302 Å². The van der Waals surface area contributed by atoms with Crippen LogP contribution in [0, 0.1) is 5.92 Å². The van der Waals surface area contributed by atoms with Gasteiger partial charge >= 0.3 is 0 Å². The van der Waals surface area contributed by atoms with Gasteiger partial charge in [-0.3, -0.25) is 18.9 Å². The number of nitrogens with two attached hydrogens (primary N) is 1. The minimum absolute atomic E-state index is 0.0523. The average molecular weight is 716 g/mol. The molecule has 266 valence electrons. The zero-order valence-electron chi connectivity index (χ0n) is 28.7. The average Bonchev–Trinajstić information content (AvgIpc) is 3.57. The van der Waals surface area contributed by atoms with E-state index in [0.717, 1.165) is 33.0 Å². The molecule has 0 bridgehead atoms. The molecule has 6 aromatic rings. The number of nitrogens with one attached hydrogen (secondary N) is 3. The molecular weight excluding hydrogens is 673 g/mol. The maximum atomic E-state index is 14.5. The number of nitrogens with zero attached hydrogens (tertiary/aromatic N) is 1. The third-order valence-corrected chi connectivity index (χ3v) is 11.6. The Bertz CT molecular complexity index is 2210. The minimum atomic E-state index is -4.31. The first kappa shape index (κ1) is 36.2. The van der Waals surface area contributed by atoms with Crippen molar-refractivity contribution in [2.24, 2.45) is 11.7 Å². The monoisotopic (exact) mass is 715 g/mol. The van der Waals surface area contributed by atoms with Crippen LogP contribution in [-0.4, -0.2) is 50.6 Å². The van der Waals surface area contributed by atoms with Crippen LogP contribution in [0.4, 0.5) is 0 Å². The van der Waals surface area contributed by atoms with Crippen molar-refractivity contribution in [2.45, 2.75) is 43.9 Å². The Morgan fingerprint density at radius 2 is 1.46 bits per heavy atom. The maximum Gasteiger partial charge on any atom is 0.270 e. The molecule has 6 N–H and O–H groups in total. The van der Waals surface area contributed by atoms with Crippen LogP contribution in [0.25, 0.3) is 21.8 Å². The molecule has 0 spiro atoms. The molecule has 52 heavy (non-hydrogen) atoms. The number of hydrogen-bond acceptors (Lipinski definition) is 5. The molecule has 2 heterocycles. The summed E-state index contributed by atoms with van der Waals surface area (Å²) in [5.41, 5.74) is 10.0. The van der Waals surface area contributed by atoms with Gasteiger partial charge in [-0.2, -0.15) is 0 Å². The molecule has 4 unspecified atom stereocenters. The van der Waals surface area contributed by atoms with Gasteiger partial charge in [-0.1, -0.05) is 103 Å². The van der Waals surface area contributed by atoms with Gasteiger partial charge in [0.1, 0.15) is 17.5 Å². The van der Waals surface area contributed by atoms with E-state index in [1.54, 1.807) is 24.4 Å². The highest BCUT2D eigenvalue weighted by Crippen LogP contribution is 2.49. The van der Waals surface area contributed by atoms with Crippen LogP contribution in [0.2, 0.25) is 0 Å². The van der Waals surface area contributed by atoms with Gasteiger partial charge in [0.05, 0.1) is 5.52 Å². The van der Waals surface area contributed by atoms with Crippen LogP contribution in [0.5, 0.6) is 0 Å². The number of primary amides is 1. The number of rotatable bonds is 16. The Kier molecular flexibility index (Phi) is 11.6. The molecule has 0 radical (unpaired) electrons. The molecule has 0 aliphatic heterocycles. The smallest absolute Gasteiger partial charge is 0.270 e. The van der Waals surface area contributed by atoms with Gasteiger partial charge in [0.15, 0.2) is 0 Å². The number of aromatic nitrogens is 2. The second-order valence-corrected chi connectivity index (χ2v) is 15.6. The third kappa shape index (κ3) is 9.20. The molecule has 11 heteroatoms. The lowest BCUT2D eigenvalue weighted by Gasteiger charge is -2.28. The number of aryl methyl sites for hydroxylation is 1. The zero-order valence-corrected chi connectivity index (χ0v) is 29.5. The van der Waals surface area contributed by atoms with E-state index >= 15 is 0 Å². The summed E-state index contributed by atoms with van der Waals surface area (Å²) in [5.74, 6) is -4.05. The van der Waals surface area contributed by atoms with Crippen molar-refractivity contribution in [3.8, 4) is 0 Å². The molecule has 0 aliphatic rings. The van der Waals surface area contributed by atoms with Gasteiger partial charge in [0, 0.05) is 47.4 Å². The zero-order chi connectivity index (χ0) is 36.5. The molecule has 0 aliphatic carbocycles. The van der Waals surface area contributed by atoms with Gasteiger partial charge in [-0.25, -0.2) is 4.98 Å². The van der Waals surface area contributed by atoms with E-state index in [9.17, 15) is 23.8 Å². The van der Waals surface area contributed by atoms with E-state index < -0.39 is 49.0 Å². The van der Waals surface area contributed by atoms with Crippen molar-refractivity contribution < 1.29 is 23.8 Å². The number of amides is 3. The van der Waals surface area contributed by atoms with Gasteiger partial charge < -0.3 is 26.2 Å². The number of para-hydroxylation sites is 2. The molecule has 2 aromatic heterocycles. The Morgan fingerprint density at radius 1 is 0.788 bits per heavy atom. The number of H-pyrrole nitrogens is 1. The predicted octanol–water partition coefficient (Wildman–Crippen LogP) is 6.14. The van der Waals surface area contributed by atoms with E-state index in [4.69, 9.17) is 5.73 Å². The van der Waals surface area contributed by atoms with Crippen LogP contribution in [0.1, 0.15) is 40.0 Å². The van der Waals surface area contributed by atoms with E-state index in [1.807, 2.05) is 103 Å². The molecule has 0 saturated heterocycles. The summed E-state index contributed by atoms with van der Waals surface area (Å²) in [4.78, 5) is 59.9. The Balaban J connectivity index is 1.25. The van der Waals surface area contributed by atoms with E-state index in [2.05, 4.69) is 20.6 Å². The second kappa shape index (κ2) is 16.6. The molecule has 3 amide bonds. The standard InChI is InChI=1S/C41H42N5O5P/c42-39(47)37(25-32-26-43-35-21-10-8-19-33(32)35)45-40(48)31(18-11-16-28-12-3-1-4-13-28)27-52(50,51)38(24-29-14-5-2-6-15-29)46-41(49)36-23-22-30-17-7-9-20-34(30)44-36/h1-10,12-15,17,19-23,26,31,37-38,43H,11,16,18,24-25,27H2,(H2,42,47)(H,45,48)(H,46,49)(H,50,51). The summed E-state index contributed by atoms with van der Waals surface area (Å²) in [6.45, 7) is 0. The van der Waals surface area contributed by atoms with Gasteiger partial charge in [0.25, 0.3) is 5.91 Å². The molecule has 0 fully saturated rings. The summed E-state index contributed by atoms with van der Waals surface area (Å²) >= 11 is 0. The van der Waals surface area contributed by atoms with Crippen molar-refractivity contribution >= 4 is 46.9 Å². The van der Waals surface area contributed by atoms with Gasteiger partial charge in [0.2, 0.25) is 19.2 Å². The molecule has 4 aromatic carbocycles. The lowest BCUT2D eigenvalue weighted by Crippen LogP contribution is -2.48. The Morgan fingerprint density at radius 3 is 2.21 bits per heavy atom. The quantitative estimate of drug-likeness (QED) is 0.0756. The number of carbonyl (C=O) groups excluding carboxylic acids is 3. The van der Waals surface area contributed by atoms with Crippen LogP contribution in [-0.2, 0) is 33.4 Å². The van der Waals surface area contributed by atoms with E-state index in [-0.39, 0.29) is 25.0 Å². The topological polar surface area (TPSA) is 167 Å². The van der Waals surface area contributed by atoms with Crippen molar-refractivity contribution in [3.05, 3.63) is 150 Å². The largest absolute Gasteiger partial charge is 0.368 e. The van der Waals surface area contributed by atoms with Gasteiger partial charge in [-0.15, -0.1) is 0 Å². The highest BCUT2D eigenvalue weighted by atomic mass is 31.2. The lowest BCUT2D eigenvalue weighted by molar-refractivity contribution is -0.129. The van der Waals surface area contributed by atoms with Crippen LogP contribution in [0.3, 0.4) is 0 Å². The summed E-state index contributed by atoms with van der Waals surface area (Å²) in [7, 11) is -4.31. The van der Waals surface area contributed by atoms with E-state index in [1.165, 1.54) is 0 Å². The van der Waals surface area contributed by atoms with Crippen molar-refractivity contribution in [2.75, 3.05) is 6.16 Å². The van der Waals surface area contributed by atoms with Crippen LogP contribution >= 0.6 is 7.37 Å². The van der Waals surface area contributed by atoms with E-state index in [0.29, 0.717) is 18.4 Å². The first-order valence-electron chi connectivity index (χ1n) is 17.4. The number of carbonyl (C=O) groups is 3. The fourth-order valence-corrected chi connectivity index (χ4v) is 8.58. The number of pyridine rings is 1. The number of aromatic amines is 1. The van der Waals surface area contributed by atoms with Crippen molar-refractivity contribution in [3.63, 3.8) is 0 Å². The third-order valence-electron chi connectivity index (χ3n) is 9.36. The highest BCUT2D eigenvalue weighted by Gasteiger charge is 2.38. The number of hydrogen-bond donors (Lipinski definition) is 5. The summed E-state index contributed by atoms with van der Waals surface area (Å²) in [6.07, 6.45) is 3.01. The van der Waals surface area contributed by atoms with Crippen molar-refractivity contribution in [1.82, 2.24) is 20.6 Å². The molecule has 6 rings (SSSR count). The maximum absolute atomic E-state index is 14.5. The highest BCUT2D eigenvalue weighted by molar-refractivity contribution is 7.58. The minimum Gasteiger partial charge on any atom is -0.368 e. The first-order chi connectivity index (χ1) is 25.2. The normalized spacial score (nSPS) is 14.2. The Hall–Kier alpha value is -5.57. The molecule has 4 atom stereocenters. The lowest BCUT2D eigenvalue weighted by atomic mass is 9.98. The summed E-state index contributed by atoms with van der Waals surface area (Å²) in [6, 6.07) is 36.2. The fourth-order valence-electron chi connectivity index (χ4n) is 6.53. The first-order valence-corrected chi connectivity index (χ1v) is 19.3. The van der Waals surface area contributed by atoms with Crippen LogP contribution in [0.15, 0.2) is 128 Å². The molecule has 0 saturated carbocycles. The summed E-state index contributed by atoms with van der Waals surface area (Å²) < 4.78 is 14.5.